The summed E-state index contributed by atoms with van der Waals surface area (Å²) in [7, 11) is -3.87. The fraction of sp³-hybridized carbons (Fsp3) is 0.538. The van der Waals surface area contributed by atoms with Crippen LogP contribution in [-0.4, -0.2) is 30.4 Å². The maximum atomic E-state index is 14.2. The van der Waals surface area contributed by atoms with Gasteiger partial charge in [-0.05, 0) is 31.4 Å². The number of aliphatic hydroxyl groups is 1. The third kappa shape index (κ3) is 2.77. The van der Waals surface area contributed by atoms with Crippen molar-refractivity contribution < 1.29 is 17.9 Å². The molecule has 0 spiro atoms. The number of sulfonamides is 1. The highest BCUT2D eigenvalue weighted by Gasteiger charge is 2.36. The van der Waals surface area contributed by atoms with Crippen LogP contribution in [0.4, 0.5) is 4.39 Å². The molecule has 20 heavy (non-hydrogen) atoms. The van der Waals surface area contributed by atoms with E-state index in [1.807, 2.05) is 6.92 Å². The zero-order valence-electron chi connectivity index (χ0n) is 11.1. The third-order valence-electron chi connectivity index (χ3n) is 3.63. The van der Waals surface area contributed by atoms with Crippen LogP contribution in [-0.2, 0) is 16.6 Å². The summed E-state index contributed by atoms with van der Waals surface area (Å²) in [5.74, 6) is -0.863. The van der Waals surface area contributed by atoms with Gasteiger partial charge in [-0.2, -0.15) is 4.31 Å². The van der Waals surface area contributed by atoms with Crippen LogP contribution in [0.15, 0.2) is 21.5 Å². The fourth-order valence-electron chi connectivity index (χ4n) is 2.58. The van der Waals surface area contributed by atoms with Gasteiger partial charge < -0.3 is 5.11 Å². The number of halogens is 2. The van der Waals surface area contributed by atoms with Crippen LogP contribution in [0.2, 0.25) is 0 Å². The highest BCUT2D eigenvalue weighted by atomic mass is 79.9. The van der Waals surface area contributed by atoms with Crippen LogP contribution in [0.25, 0.3) is 0 Å². The summed E-state index contributed by atoms with van der Waals surface area (Å²) in [5.41, 5.74) is -0.0230. The van der Waals surface area contributed by atoms with Gasteiger partial charge >= 0.3 is 0 Å². The number of aliphatic hydroxyl groups excluding tert-OH is 1. The quantitative estimate of drug-likeness (QED) is 0.892. The highest BCUT2D eigenvalue weighted by molar-refractivity contribution is 9.10. The van der Waals surface area contributed by atoms with Gasteiger partial charge in [0.2, 0.25) is 10.0 Å². The molecule has 4 nitrogen and oxygen atoms in total. The monoisotopic (exact) mass is 365 g/mol. The van der Waals surface area contributed by atoms with Gasteiger partial charge in [0.25, 0.3) is 0 Å². The molecule has 7 heteroatoms. The Bertz CT molecular complexity index is 606. The molecule has 0 aromatic heterocycles. The number of rotatable bonds is 4. The summed E-state index contributed by atoms with van der Waals surface area (Å²) in [6.07, 6.45) is 2.31. The van der Waals surface area contributed by atoms with Gasteiger partial charge in [0, 0.05) is 22.6 Å². The maximum absolute atomic E-state index is 14.2. The normalized spacial score (nSPS) is 20.5. The first kappa shape index (κ1) is 15.9. The molecular formula is C13H17BrFNO3S. The van der Waals surface area contributed by atoms with Gasteiger partial charge in [0.05, 0.1) is 6.61 Å². The number of nitrogens with zero attached hydrogens (tertiary/aromatic N) is 1. The van der Waals surface area contributed by atoms with Crippen LogP contribution >= 0.6 is 15.9 Å². The zero-order chi connectivity index (χ0) is 14.9. The molecule has 1 aliphatic rings. The Morgan fingerprint density at radius 1 is 1.50 bits per heavy atom. The highest BCUT2D eigenvalue weighted by Crippen LogP contribution is 2.31. The molecule has 112 valence electrons. The first-order valence-corrected chi connectivity index (χ1v) is 8.75. The molecule has 0 radical (unpaired) electrons. The van der Waals surface area contributed by atoms with E-state index in [9.17, 15) is 12.8 Å². The van der Waals surface area contributed by atoms with E-state index in [2.05, 4.69) is 15.9 Å². The Kier molecular flexibility index (Phi) is 4.84. The van der Waals surface area contributed by atoms with Crippen molar-refractivity contribution in [3.8, 4) is 0 Å². The molecular weight excluding hydrogens is 349 g/mol. The Labute approximate surface area is 126 Å². The second-order valence-corrected chi connectivity index (χ2v) is 7.63. The third-order valence-corrected chi connectivity index (χ3v) is 6.04. The molecule has 1 unspecified atom stereocenters. The molecule has 1 fully saturated rings. The minimum atomic E-state index is -3.87. The van der Waals surface area contributed by atoms with Crippen LogP contribution in [0.3, 0.4) is 0 Å². The Hall–Kier alpha value is -0.500. The summed E-state index contributed by atoms with van der Waals surface area (Å²) >= 11 is 3.16. The van der Waals surface area contributed by atoms with Gasteiger partial charge in [0.1, 0.15) is 10.7 Å². The van der Waals surface area contributed by atoms with Crippen molar-refractivity contribution >= 4 is 26.0 Å². The summed E-state index contributed by atoms with van der Waals surface area (Å²) in [4.78, 5) is -0.365. The Morgan fingerprint density at radius 2 is 2.20 bits per heavy atom. The van der Waals surface area contributed by atoms with E-state index in [0.29, 0.717) is 17.4 Å². The largest absolute Gasteiger partial charge is 0.392 e. The lowest BCUT2D eigenvalue weighted by Crippen LogP contribution is -2.35. The molecule has 1 aromatic rings. The number of benzene rings is 1. The summed E-state index contributed by atoms with van der Waals surface area (Å²) < 4.78 is 41.3. The molecule has 1 N–H and O–H groups in total. The molecule has 0 bridgehead atoms. The average Bonchev–Trinajstić information content (AvgIpc) is 2.89. The molecule has 0 aliphatic carbocycles. The second kappa shape index (κ2) is 6.09. The first-order chi connectivity index (χ1) is 9.41. The zero-order valence-corrected chi connectivity index (χ0v) is 13.5. The fourth-order valence-corrected chi connectivity index (χ4v) is 5.14. The van der Waals surface area contributed by atoms with Crippen molar-refractivity contribution in [2.75, 3.05) is 6.54 Å². The van der Waals surface area contributed by atoms with E-state index < -0.39 is 22.4 Å². The van der Waals surface area contributed by atoms with Gasteiger partial charge in [-0.3, -0.25) is 0 Å². The van der Waals surface area contributed by atoms with E-state index in [1.54, 1.807) is 0 Å². The van der Waals surface area contributed by atoms with Crippen LogP contribution in [0.5, 0.6) is 0 Å². The molecule has 1 aromatic carbocycles. The number of hydrogen-bond acceptors (Lipinski definition) is 3. The predicted octanol–water partition coefficient (Wildman–Crippen LogP) is 2.64. The molecule has 2 rings (SSSR count). The van der Waals surface area contributed by atoms with Crippen molar-refractivity contribution in [3.05, 3.63) is 28.0 Å². The van der Waals surface area contributed by atoms with Crippen LogP contribution < -0.4 is 0 Å². The summed E-state index contributed by atoms with van der Waals surface area (Å²) in [5, 5.41) is 9.13. The van der Waals surface area contributed by atoms with Crippen molar-refractivity contribution in [2.24, 2.45) is 0 Å². The van der Waals surface area contributed by atoms with Crippen molar-refractivity contribution in [3.63, 3.8) is 0 Å². The average molecular weight is 366 g/mol. The smallest absolute Gasteiger partial charge is 0.246 e. The van der Waals surface area contributed by atoms with E-state index in [1.165, 1.54) is 16.4 Å². The van der Waals surface area contributed by atoms with E-state index in [4.69, 9.17) is 5.11 Å². The molecule has 1 aliphatic heterocycles. The van der Waals surface area contributed by atoms with Crippen molar-refractivity contribution in [1.82, 2.24) is 4.31 Å². The Balaban J connectivity index is 2.52. The standard InChI is InChI=1S/C13H17BrFNO3S/c1-2-11-4-3-5-16(11)20(18,19)12-7-10(14)6-9(8-17)13(12)15/h6-7,11,17H,2-5,8H2,1H3. The molecule has 0 amide bonds. The molecule has 1 saturated heterocycles. The minimum Gasteiger partial charge on any atom is -0.392 e. The second-order valence-electron chi connectivity index (χ2n) is 4.86. The van der Waals surface area contributed by atoms with Gasteiger partial charge in [-0.1, -0.05) is 22.9 Å². The molecule has 1 heterocycles. The topological polar surface area (TPSA) is 57.6 Å². The van der Waals surface area contributed by atoms with E-state index >= 15 is 0 Å². The van der Waals surface area contributed by atoms with Crippen LogP contribution in [0.1, 0.15) is 31.7 Å². The lowest BCUT2D eigenvalue weighted by atomic mass is 10.2. The van der Waals surface area contributed by atoms with Gasteiger partial charge in [-0.25, -0.2) is 12.8 Å². The van der Waals surface area contributed by atoms with Crippen molar-refractivity contribution in [2.45, 2.75) is 43.7 Å². The Morgan fingerprint density at radius 3 is 2.80 bits per heavy atom. The maximum Gasteiger partial charge on any atom is 0.246 e. The van der Waals surface area contributed by atoms with Gasteiger partial charge in [0.15, 0.2) is 0 Å². The number of hydrogen-bond donors (Lipinski definition) is 1. The van der Waals surface area contributed by atoms with Crippen LogP contribution in [0, 0.1) is 5.82 Å². The van der Waals surface area contributed by atoms with E-state index in [-0.39, 0.29) is 16.5 Å². The molecule has 0 saturated carbocycles. The molecule has 1 atom stereocenters. The lowest BCUT2D eigenvalue weighted by molar-refractivity contribution is 0.274. The summed E-state index contributed by atoms with van der Waals surface area (Å²) in [6.45, 7) is 1.81. The van der Waals surface area contributed by atoms with Crippen molar-refractivity contribution in [1.29, 1.82) is 0 Å². The minimum absolute atomic E-state index is 0.0230. The SMILES string of the molecule is CCC1CCCN1S(=O)(=O)c1cc(Br)cc(CO)c1F. The summed E-state index contributed by atoms with van der Waals surface area (Å²) in [6, 6.07) is 2.57. The van der Waals surface area contributed by atoms with Gasteiger partial charge in [-0.15, -0.1) is 0 Å². The predicted molar refractivity (Wildman–Crippen MR) is 77.2 cm³/mol. The lowest BCUT2D eigenvalue weighted by Gasteiger charge is -2.23. The first-order valence-electron chi connectivity index (χ1n) is 6.52. The van der Waals surface area contributed by atoms with E-state index in [0.717, 1.165) is 12.8 Å².